The third-order valence-corrected chi connectivity index (χ3v) is 4.19. The number of fused-ring (bicyclic) bond motifs is 1. The quantitative estimate of drug-likeness (QED) is 0.853. The van der Waals surface area contributed by atoms with Crippen LogP contribution in [-0.2, 0) is 6.54 Å². The molecular weight excluding hydrogens is 252 g/mol. The van der Waals surface area contributed by atoms with Gasteiger partial charge in [-0.25, -0.2) is 4.98 Å². The number of hydrogen-bond acceptors (Lipinski definition) is 4. The minimum Gasteiger partial charge on any atom is -0.299 e. The maximum atomic E-state index is 12.5. The second-order valence-corrected chi connectivity index (χ2v) is 5.37. The van der Waals surface area contributed by atoms with Gasteiger partial charge in [0.05, 0.1) is 17.2 Å². The van der Waals surface area contributed by atoms with E-state index >= 15 is 0 Å². The van der Waals surface area contributed by atoms with E-state index in [1.54, 1.807) is 29.4 Å². The summed E-state index contributed by atoms with van der Waals surface area (Å²) in [5.41, 5.74) is 0.738. The Morgan fingerprint density at radius 1 is 1.40 bits per heavy atom. The molecule has 1 fully saturated rings. The van der Waals surface area contributed by atoms with Gasteiger partial charge in [0.2, 0.25) is 0 Å². The van der Waals surface area contributed by atoms with Gasteiger partial charge in [0, 0.05) is 25.0 Å². The molecule has 106 valence electrons. The molecule has 0 unspecified atom stereocenters. The van der Waals surface area contributed by atoms with Crippen LogP contribution in [0.25, 0.3) is 10.9 Å². The average molecular weight is 272 g/mol. The molecular formula is C15H20N4O. The van der Waals surface area contributed by atoms with Gasteiger partial charge in [-0.05, 0) is 32.0 Å². The molecule has 1 saturated heterocycles. The molecule has 20 heavy (non-hydrogen) atoms. The Morgan fingerprint density at radius 2 is 2.30 bits per heavy atom. The highest BCUT2D eigenvalue weighted by Gasteiger charge is 2.21. The van der Waals surface area contributed by atoms with Crippen molar-refractivity contribution >= 4 is 10.9 Å². The Morgan fingerprint density at radius 3 is 3.15 bits per heavy atom. The molecule has 0 radical (unpaired) electrons. The minimum atomic E-state index is 0.0183. The highest BCUT2D eigenvalue weighted by Crippen LogP contribution is 2.17. The first-order valence-electron chi connectivity index (χ1n) is 7.33. The van der Waals surface area contributed by atoms with Crippen LogP contribution in [0.1, 0.15) is 26.2 Å². The van der Waals surface area contributed by atoms with Gasteiger partial charge in [-0.2, -0.15) is 0 Å². The van der Waals surface area contributed by atoms with E-state index < -0.39 is 0 Å². The van der Waals surface area contributed by atoms with Crippen LogP contribution in [0.5, 0.6) is 0 Å². The molecule has 0 aromatic carbocycles. The lowest BCUT2D eigenvalue weighted by Crippen LogP contribution is -2.43. The Kier molecular flexibility index (Phi) is 3.78. The average Bonchev–Trinajstić information content (AvgIpc) is 2.51. The van der Waals surface area contributed by atoms with Crippen LogP contribution in [-0.4, -0.2) is 38.6 Å². The largest absolute Gasteiger partial charge is 0.299 e. The van der Waals surface area contributed by atoms with Crippen molar-refractivity contribution in [2.75, 3.05) is 13.1 Å². The zero-order valence-electron chi connectivity index (χ0n) is 11.8. The van der Waals surface area contributed by atoms with Gasteiger partial charge in [0.15, 0.2) is 0 Å². The predicted molar refractivity (Wildman–Crippen MR) is 78.7 cm³/mol. The smallest absolute Gasteiger partial charge is 0.262 e. The minimum absolute atomic E-state index is 0.0183. The fourth-order valence-corrected chi connectivity index (χ4v) is 3.04. The van der Waals surface area contributed by atoms with E-state index in [1.807, 2.05) is 0 Å². The van der Waals surface area contributed by atoms with Crippen molar-refractivity contribution in [3.63, 3.8) is 0 Å². The van der Waals surface area contributed by atoms with Crippen LogP contribution in [0, 0.1) is 0 Å². The second-order valence-electron chi connectivity index (χ2n) is 5.37. The van der Waals surface area contributed by atoms with Crippen LogP contribution in [0.4, 0.5) is 0 Å². The topological polar surface area (TPSA) is 51.0 Å². The molecule has 0 bridgehead atoms. The number of aromatic nitrogens is 3. The van der Waals surface area contributed by atoms with Gasteiger partial charge in [-0.15, -0.1) is 0 Å². The monoisotopic (exact) mass is 272 g/mol. The standard InChI is InChI=1S/C15H20N4O/c1-2-18-8-4-3-5-12(18)10-19-11-17-14-6-7-16-9-13(14)15(19)20/h6-7,9,11-12H,2-5,8,10H2,1H3/t12-/m1/s1. The first kappa shape index (κ1) is 13.2. The number of nitrogens with zero attached hydrogens (tertiary/aromatic N) is 4. The van der Waals surface area contributed by atoms with E-state index in [4.69, 9.17) is 0 Å². The summed E-state index contributed by atoms with van der Waals surface area (Å²) in [5.74, 6) is 0. The molecule has 1 aliphatic heterocycles. The summed E-state index contributed by atoms with van der Waals surface area (Å²) < 4.78 is 1.74. The van der Waals surface area contributed by atoms with Crippen molar-refractivity contribution in [3.05, 3.63) is 35.1 Å². The number of likely N-dealkylation sites (tertiary alicyclic amines) is 1. The summed E-state index contributed by atoms with van der Waals surface area (Å²) in [4.78, 5) is 23.3. The molecule has 2 aromatic heterocycles. The second kappa shape index (κ2) is 5.71. The molecule has 0 N–H and O–H groups in total. The molecule has 0 spiro atoms. The Balaban J connectivity index is 1.90. The molecule has 5 heteroatoms. The van der Waals surface area contributed by atoms with Gasteiger partial charge >= 0.3 is 0 Å². The van der Waals surface area contributed by atoms with E-state index in [1.165, 1.54) is 12.8 Å². The highest BCUT2D eigenvalue weighted by atomic mass is 16.1. The lowest BCUT2D eigenvalue weighted by atomic mass is 10.0. The Hall–Kier alpha value is -1.75. The van der Waals surface area contributed by atoms with Crippen molar-refractivity contribution in [2.45, 2.75) is 38.8 Å². The maximum Gasteiger partial charge on any atom is 0.262 e. The van der Waals surface area contributed by atoms with Crippen LogP contribution in [0.15, 0.2) is 29.6 Å². The van der Waals surface area contributed by atoms with Crippen molar-refractivity contribution in [3.8, 4) is 0 Å². The normalized spacial score (nSPS) is 20.4. The zero-order chi connectivity index (χ0) is 13.9. The van der Waals surface area contributed by atoms with Gasteiger partial charge in [0.1, 0.15) is 0 Å². The molecule has 0 aliphatic carbocycles. The van der Waals surface area contributed by atoms with Crippen LogP contribution < -0.4 is 5.56 Å². The molecule has 2 aromatic rings. The van der Waals surface area contributed by atoms with Crippen molar-refractivity contribution in [1.82, 2.24) is 19.4 Å². The van der Waals surface area contributed by atoms with Gasteiger partial charge in [0.25, 0.3) is 5.56 Å². The number of hydrogen-bond donors (Lipinski definition) is 0. The first-order chi connectivity index (χ1) is 9.79. The molecule has 1 aliphatic rings. The lowest BCUT2D eigenvalue weighted by Gasteiger charge is -2.35. The van der Waals surface area contributed by atoms with E-state index in [0.29, 0.717) is 11.4 Å². The summed E-state index contributed by atoms with van der Waals surface area (Å²) in [6, 6.07) is 2.22. The molecule has 1 atom stereocenters. The summed E-state index contributed by atoms with van der Waals surface area (Å²) in [5, 5.41) is 0.605. The fourth-order valence-electron chi connectivity index (χ4n) is 3.04. The summed E-state index contributed by atoms with van der Waals surface area (Å²) in [6.07, 6.45) is 8.62. The lowest BCUT2D eigenvalue weighted by molar-refractivity contribution is 0.139. The highest BCUT2D eigenvalue weighted by molar-refractivity contribution is 5.75. The predicted octanol–water partition coefficient (Wildman–Crippen LogP) is 1.67. The number of likely N-dealkylation sites (N-methyl/N-ethyl adjacent to an activating group) is 1. The van der Waals surface area contributed by atoms with Gasteiger partial charge in [-0.1, -0.05) is 13.3 Å². The van der Waals surface area contributed by atoms with Crippen molar-refractivity contribution in [2.24, 2.45) is 0 Å². The molecule has 5 nitrogen and oxygen atoms in total. The maximum absolute atomic E-state index is 12.5. The number of pyridine rings is 1. The Labute approximate surface area is 118 Å². The van der Waals surface area contributed by atoms with Crippen molar-refractivity contribution < 1.29 is 0 Å². The van der Waals surface area contributed by atoms with Crippen molar-refractivity contribution in [1.29, 1.82) is 0 Å². The van der Waals surface area contributed by atoms with E-state index in [0.717, 1.165) is 31.6 Å². The first-order valence-corrected chi connectivity index (χ1v) is 7.33. The van der Waals surface area contributed by atoms with E-state index in [2.05, 4.69) is 21.8 Å². The van der Waals surface area contributed by atoms with Gasteiger partial charge in [-0.3, -0.25) is 19.2 Å². The Bertz CT molecular complexity index is 652. The summed E-state index contributed by atoms with van der Waals surface area (Å²) in [6.45, 7) is 5.09. The summed E-state index contributed by atoms with van der Waals surface area (Å²) in [7, 11) is 0. The number of rotatable bonds is 3. The third kappa shape index (κ3) is 2.45. The number of piperidine rings is 1. The van der Waals surface area contributed by atoms with E-state index in [-0.39, 0.29) is 5.56 Å². The third-order valence-electron chi connectivity index (χ3n) is 4.19. The summed E-state index contributed by atoms with van der Waals surface area (Å²) >= 11 is 0. The van der Waals surface area contributed by atoms with Gasteiger partial charge < -0.3 is 0 Å². The van der Waals surface area contributed by atoms with Crippen LogP contribution >= 0.6 is 0 Å². The molecule has 3 heterocycles. The SMILES string of the molecule is CCN1CCCC[C@@H]1Cn1cnc2ccncc2c1=O. The molecule has 3 rings (SSSR count). The van der Waals surface area contributed by atoms with Crippen LogP contribution in [0.3, 0.4) is 0 Å². The molecule has 0 saturated carbocycles. The van der Waals surface area contributed by atoms with Crippen LogP contribution in [0.2, 0.25) is 0 Å². The molecule has 0 amide bonds. The van der Waals surface area contributed by atoms with E-state index in [9.17, 15) is 4.79 Å². The zero-order valence-corrected chi connectivity index (χ0v) is 11.8. The fraction of sp³-hybridized carbons (Fsp3) is 0.533.